The topological polar surface area (TPSA) is 50.8 Å². The Hall–Kier alpha value is -6.44. The van der Waals surface area contributed by atoms with Crippen molar-refractivity contribution < 1.29 is 4.74 Å². The SMILES string of the molecule is N#Cc1ccc2c(c1)c1cc(-c3ccc4c(c3)C(c3ccccc3)(c3ccccc3)c3ccccc3O4)ccc1n2-c1ccccn1. The lowest BCUT2D eigenvalue weighted by atomic mass is 9.63. The van der Waals surface area contributed by atoms with Crippen molar-refractivity contribution in [2.45, 2.75) is 5.41 Å². The maximum Gasteiger partial charge on any atom is 0.137 e. The third kappa shape index (κ3) is 4.04. The van der Waals surface area contributed by atoms with Gasteiger partial charge in [-0.15, -0.1) is 0 Å². The molecule has 4 heteroatoms. The van der Waals surface area contributed by atoms with E-state index in [1.54, 1.807) is 0 Å². The molecule has 0 aliphatic carbocycles. The lowest BCUT2D eigenvalue weighted by Gasteiger charge is -2.41. The van der Waals surface area contributed by atoms with Crippen LogP contribution in [0.1, 0.15) is 27.8 Å². The van der Waals surface area contributed by atoms with Gasteiger partial charge >= 0.3 is 0 Å². The molecule has 0 N–H and O–H groups in total. The summed E-state index contributed by atoms with van der Waals surface area (Å²) in [5.41, 5.74) is 8.81. The highest BCUT2D eigenvalue weighted by molar-refractivity contribution is 6.10. The average molecular weight is 602 g/mol. The molecule has 6 aromatic carbocycles. The summed E-state index contributed by atoms with van der Waals surface area (Å²) >= 11 is 0. The summed E-state index contributed by atoms with van der Waals surface area (Å²) in [5.74, 6) is 2.54. The van der Waals surface area contributed by atoms with Crippen molar-refractivity contribution in [3.63, 3.8) is 0 Å². The largest absolute Gasteiger partial charge is 0.457 e. The first-order valence-electron chi connectivity index (χ1n) is 15.7. The minimum Gasteiger partial charge on any atom is -0.457 e. The molecule has 0 saturated carbocycles. The van der Waals surface area contributed by atoms with E-state index >= 15 is 0 Å². The summed E-state index contributed by atoms with van der Waals surface area (Å²) in [7, 11) is 0. The number of ether oxygens (including phenoxy) is 1. The number of benzene rings is 6. The van der Waals surface area contributed by atoms with Crippen molar-refractivity contribution in [2.24, 2.45) is 0 Å². The van der Waals surface area contributed by atoms with E-state index in [9.17, 15) is 5.26 Å². The van der Waals surface area contributed by atoms with Crippen LogP contribution in [0.5, 0.6) is 11.5 Å². The Morgan fingerprint density at radius 1 is 0.553 bits per heavy atom. The van der Waals surface area contributed by atoms with Gasteiger partial charge in [0.1, 0.15) is 17.3 Å². The number of nitriles is 1. The number of hydrogen-bond acceptors (Lipinski definition) is 3. The molecule has 4 nitrogen and oxygen atoms in total. The zero-order valence-corrected chi connectivity index (χ0v) is 25.3. The molecule has 0 fully saturated rings. The van der Waals surface area contributed by atoms with E-state index in [0.29, 0.717) is 5.56 Å². The number of nitrogens with zero attached hydrogens (tertiary/aromatic N) is 3. The first-order valence-corrected chi connectivity index (χ1v) is 15.7. The summed E-state index contributed by atoms with van der Waals surface area (Å²) in [6, 6.07) is 57.1. The lowest BCUT2D eigenvalue weighted by Crippen LogP contribution is -2.34. The molecule has 0 radical (unpaired) electrons. The Morgan fingerprint density at radius 2 is 1.17 bits per heavy atom. The average Bonchev–Trinajstić information content (AvgIpc) is 3.47. The second-order valence-corrected chi connectivity index (χ2v) is 11.9. The van der Waals surface area contributed by atoms with Gasteiger partial charge in [0.05, 0.1) is 28.1 Å². The van der Waals surface area contributed by atoms with Crippen molar-refractivity contribution in [3.8, 4) is 34.5 Å². The van der Waals surface area contributed by atoms with Gasteiger partial charge in [-0.1, -0.05) is 97.1 Å². The second-order valence-electron chi connectivity index (χ2n) is 11.9. The number of pyridine rings is 1. The van der Waals surface area contributed by atoms with Crippen molar-refractivity contribution in [1.82, 2.24) is 9.55 Å². The van der Waals surface area contributed by atoms with Crippen LogP contribution in [0.3, 0.4) is 0 Å². The molecule has 9 rings (SSSR count). The molecule has 3 heterocycles. The molecule has 0 unspecified atom stereocenters. The summed E-state index contributed by atoms with van der Waals surface area (Å²) in [4.78, 5) is 4.67. The minimum absolute atomic E-state index is 0.594. The van der Waals surface area contributed by atoms with Crippen LogP contribution in [0.25, 0.3) is 38.8 Å². The quantitative estimate of drug-likeness (QED) is 0.202. The minimum atomic E-state index is -0.594. The molecule has 0 atom stereocenters. The molecule has 1 aliphatic rings. The van der Waals surface area contributed by atoms with Gasteiger partial charge in [-0.2, -0.15) is 5.26 Å². The van der Waals surface area contributed by atoms with Crippen LogP contribution in [0.2, 0.25) is 0 Å². The predicted molar refractivity (Wildman–Crippen MR) is 187 cm³/mol. The van der Waals surface area contributed by atoms with Gasteiger partial charge in [-0.3, -0.25) is 4.57 Å². The van der Waals surface area contributed by atoms with Crippen LogP contribution >= 0.6 is 0 Å². The van der Waals surface area contributed by atoms with Gasteiger partial charge in [-0.05, 0) is 82.9 Å². The Kier molecular flexibility index (Phi) is 6.06. The van der Waals surface area contributed by atoms with E-state index in [-0.39, 0.29) is 0 Å². The molecule has 1 aliphatic heterocycles. The van der Waals surface area contributed by atoms with E-state index in [1.807, 2.05) is 48.7 Å². The third-order valence-corrected chi connectivity index (χ3v) is 9.41. The maximum atomic E-state index is 9.76. The Labute approximate surface area is 272 Å². The van der Waals surface area contributed by atoms with Crippen molar-refractivity contribution >= 4 is 21.8 Å². The smallest absolute Gasteiger partial charge is 0.137 e. The Bertz CT molecular complexity index is 2450. The van der Waals surface area contributed by atoms with Gasteiger partial charge in [0.25, 0.3) is 0 Å². The highest BCUT2D eigenvalue weighted by atomic mass is 16.5. The van der Waals surface area contributed by atoms with Crippen LogP contribution < -0.4 is 4.74 Å². The number of hydrogen-bond donors (Lipinski definition) is 0. The maximum absolute atomic E-state index is 9.76. The number of para-hydroxylation sites is 1. The first kappa shape index (κ1) is 26.9. The van der Waals surface area contributed by atoms with Crippen LogP contribution in [-0.4, -0.2) is 9.55 Å². The van der Waals surface area contributed by atoms with E-state index < -0.39 is 5.41 Å². The second kappa shape index (κ2) is 10.6. The number of fused-ring (bicyclic) bond motifs is 5. The zero-order valence-electron chi connectivity index (χ0n) is 25.3. The Morgan fingerprint density at radius 3 is 1.89 bits per heavy atom. The fourth-order valence-electron chi connectivity index (χ4n) is 7.39. The van der Waals surface area contributed by atoms with Gasteiger partial charge in [0.15, 0.2) is 0 Å². The highest BCUT2D eigenvalue weighted by Gasteiger charge is 2.45. The van der Waals surface area contributed by atoms with E-state index in [4.69, 9.17) is 4.74 Å². The zero-order chi connectivity index (χ0) is 31.4. The molecular formula is C43H27N3O. The van der Waals surface area contributed by atoms with Crippen molar-refractivity contribution in [1.29, 1.82) is 5.26 Å². The lowest BCUT2D eigenvalue weighted by molar-refractivity contribution is 0.434. The third-order valence-electron chi connectivity index (χ3n) is 9.41. The predicted octanol–water partition coefficient (Wildman–Crippen LogP) is 10.2. The van der Waals surface area contributed by atoms with Crippen LogP contribution in [0, 0.1) is 11.3 Å². The molecule has 47 heavy (non-hydrogen) atoms. The normalized spacial score (nSPS) is 13.0. The summed E-state index contributed by atoms with van der Waals surface area (Å²) in [6.07, 6.45) is 1.81. The monoisotopic (exact) mass is 601 g/mol. The summed E-state index contributed by atoms with van der Waals surface area (Å²) in [6.45, 7) is 0. The Balaban J connectivity index is 1.31. The fourth-order valence-corrected chi connectivity index (χ4v) is 7.39. The molecule has 0 amide bonds. The molecule has 0 spiro atoms. The van der Waals surface area contributed by atoms with E-state index in [1.165, 1.54) is 11.1 Å². The van der Waals surface area contributed by atoms with Gasteiger partial charge in [0.2, 0.25) is 0 Å². The van der Waals surface area contributed by atoms with E-state index in [0.717, 1.165) is 61.4 Å². The summed E-state index contributed by atoms with van der Waals surface area (Å²) < 4.78 is 8.80. The fraction of sp³-hybridized carbons (Fsp3) is 0.0233. The molecule has 2 aromatic heterocycles. The standard InChI is InChI=1S/C43H27N3O/c44-28-29-18-21-38-34(25-29)35-26-30(19-22-39(35)46(38)42-17-9-10-24-45-42)31-20-23-41-37(27-31)43(32-11-3-1-4-12-32,33-13-5-2-6-14-33)36-15-7-8-16-40(36)47-41/h1-27H. The van der Waals surface area contributed by atoms with Crippen LogP contribution in [0.4, 0.5) is 0 Å². The molecule has 8 aromatic rings. The van der Waals surface area contributed by atoms with Crippen LogP contribution in [0.15, 0.2) is 164 Å². The van der Waals surface area contributed by atoms with Crippen LogP contribution in [-0.2, 0) is 5.41 Å². The molecule has 220 valence electrons. The van der Waals surface area contributed by atoms with Crippen molar-refractivity contribution in [3.05, 3.63) is 192 Å². The summed E-state index contributed by atoms with van der Waals surface area (Å²) in [5, 5.41) is 11.8. The highest BCUT2D eigenvalue weighted by Crippen LogP contribution is 2.55. The molecule has 0 saturated heterocycles. The number of aromatic nitrogens is 2. The van der Waals surface area contributed by atoms with Crippen molar-refractivity contribution in [2.75, 3.05) is 0 Å². The van der Waals surface area contributed by atoms with E-state index in [2.05, 4.69) is 131 Å². The molecule has 0 bridgehead atoms. The number of rotatable bonds is 4. The van der Waals surface area contributed by atoms with Gasteiger partial charge in [-0.25, -0.2) is 4.98 Å². The van der Waals surface area contributed by atoms with Gasteiger partial charge < -0.3 is 4.74 Å². The molecular weight excluding hydrogens is 574 g/mol. The first-order chi connectivity index (χ1) is 23.3. The van der Waals surface area contributed by atoms with Gasteiger partial charge in [0, 0.05) is 28.1 Å².